The van der Waals surface area contributed by atoms with Crippen LogP contribution in [0.1, 0.15) is 28.8 Å². The highest BCUT2D eigenvalue weighted by atomic mass is 16.5. The highest BCUT2D eigenvalue weighted by molar-refractivity contribution is 5.95. The van der Waals surface area contributed by atoms with Crippen molar-refractivity contribution in [1.82, 2.24) is 16.0 Å². The lowest BCUT2D eigenvalue weighted by Gasteiger charge is -2.16. The molecule has 1 aliphatic heterocycles. The molecule has 3 N–H and O–H groups in total. The number of nitrogens with zero attached hydrogens (tertiary/aromatic N) is 2. The number of guanidine groups is 1. The third-order valence-corrected chi connectivity index (χ3v) is 5.04. The van der Waals surface area contributed by atoms with Crippen LogP contribution in [0.15, 0.2) is 53.5 Å². The Kier molecular flexibility index (Phi) is 7.86. The van der Waals surface area contributed by atoms with Gasteiger partial charge in [0, 0.05) is 50.9 Å². The lowest BCUT2D eigenvalue weighted by Crippen LogP contribution is -2.41. The topological polar surface area (TPSA) is 95.1 Å². The number of hydrogen-bond acceptors (Lipinski definition) is 4. The maximum atomic E-state index is 12.2. The smallest absolute Gasteiger partial charge is 0.251 e. The Hall–Kier alpha value is -3.55. The predicted molar refractivity (Wildman–Crippen MR) is 122 cm³/mol. The van der Waals surface area contributed by atoms with Crippen LogP contribution in [0.5, 0.6) is 5.75 Å². The van der Waals surface area contributed by atoms with Crippen molar-refractivity contribution < 1.29 is 14.3 Å². The number of aliphatic imine (C=N–C) groups is 1. The summed E-state index contributed by atoms with van der Waals surface area (Å²) >= 11 is 0. The second-order valence-electron chi connectivity index (χ2n) is 7.16. The van der Waals surface area contributed by atoms with Crippen molar-refractivity contribution in [2.45, 2.75) is 19.4 Å². The number of anilines is 1. The van der Waals surface area contributed by atoms with Gasteiger partial charge in [-0.15, -0.1) is 0 Å². The third kappa shape index (κ3) is 6.21. The summed E-state index contributed by atoms with van der Waals surface area (Å²) in [6.07, 6.45) is 1.55. The average molecular weight is 424 g/mol. The molecule has 8 heteroatoms. The molecular weight excluding hydrogens is 394 g/mol. The molecule has 31 heavy (non-hydrogen) atoms. The van der Waals surface area contributed by atoms with Crippen LogP contribution in [0.25, 0.3) is 0 Å². The monoisotopic (exact) mass is 423 g/mol. The molecule has 0 saturated carbocycles. The Morgan fingerprint density at radius 2 is 1.87 bits per heavy atom. The summed E-state index contributed by atoms with van der Waals surface area (Å²) in [5.74, 6) is 1.33. The summed E-state index contributed by atoms with van der Waals surface area (Å²) in [4.78, 5) is 30.1. The van der Waals surface area contributed by atoms with Crippen LogP contribution in [0.3, 0.4) is 0 Å². The average Bonchev–Trinajstić information content (AvgIpc) is 3.24. The third-order valence-electron chi connectivity index (χ3n) is 5.04. The van der Waals surface area contributed by atoms with Crippen molar-refractivity contribution in [3.63, 3.8) is 0 Å². The Labute approximate surface area is 182 Å². The molecule has 1 saturated heterocycles. The minimum Gasteiger partial charge on any atom is -0.497 e. The SMILES string of the molecule is CN=C(NCCNC(=O)c1cccc(OC)c1)NCc1ccc(N2CCCC2=O)cc1. The van der Waals surface area contributed by atoms with Gasteiger partial charge in [0.25, 0.3) is 5.91 Å². The van der Waals surface area contributed by atoms with Gasteiger partial charge in [-0.1, -0.05) is 18.2 Å². The van der Waals surface area contributed by atoms with E-state index in [0.29, 0.717) is 43.3 Å². The first kappa shape index (κ1) is 22.1. The highest BCUT2D eigenvalue weighted by Gasteiger charge is 2.21. The lowest BCUT2D eigenvalue weighted by molar-refractivity contribution is -0.117. The summed E-state index contributed by atoms with van der Waals surface area (Å²) in [5, 5.41) is 9.29. The summed E-state index contributed by atoms with van der Waals surface area (Å²) in [7, 11) is 3.27. The van der Waals surface area contributed by atoms with E-state index in [4.69, 9.17) is 4.74 Å². The summed E-state index contributed by atoms with van der Waals surface area (Å²) in [5.41, 5.74) is 2.59. The van der Waals surface area contributed by atoms with E-state index in [2.05, 4.69) is 20.9 Å². The molecule has 164 valence electrons. The lowest BCUT2D eigenvalue weighted by atomic mass is 10.2. The highest BCUT2D eigenvalue weighted by Crippen LogP contribution is 2.21. The van der Waals surface area contributed by atoms with Crippen molar-refractivity contribution in [3.8, 4) is 5.75 Å². The van der Waals surface area contributed by atoms with Gasteiger partial charge in [-0.05, 0) is 42.3 Å². The fourth-order valence-corrected chi connectivity index (χ4v) is 3.34. The molecule has 1 heterocycles. The molecule has 3 rings (SSSR count). The van der Waals surface area contributed by atoms with Crippen molar-refractivity contribution in [2.24, 2.45) is 4.99 Å². The number of ether oxygens (including phenoxy) is 1. The Balaban J connectivity index is 1.39. The van der Waals surface area contributed by atoms with E-state index in [1.165, 1.54) is 0 Å². The Morgan fingerprint density at radius 3 is 2.55 bits per heavy atom. The molecule has 0 aliphatic carbocycles. The van der Waals surface area contributed by atoms with Crippen molar-refractivity contribution in [1.29, 1.82) is 0 Å². The van der Waals surface area contributed by atoms with Gasteiger partial charge in [-0.3, -0.25) is 14.6 Å². The molecule has 0 unspecified atom stereocenters. The van der Waals surface area contributed by atoms with Crippen LogP contribution in [-0.2, 0) is 11.3 Å². The first-order valence-corrected chi connectivity index (χ1v) is 10.4. The Morgan fingerprint density at radius 1 is 1.10 bits per heavy atom. The van der Waals surface area contributed by atoms with E-state index in [1.807, 2.05) is 29.2 Å². The van der Waals surface area contributed by atoms with E-state index in [0.717, 1.165) is 24.2 Å². The summed E-state index contributed by atoms with van der Waals surface area (Å²) in [6.45, 7) is 2.38. The second kappa shape index (κ2) is 11.0. The number of carbonyl (C=O) groups excluding carboxylic acids is 2. The van der Waals surface area contributed by atoms with Crippen LogP contribution >= 0.6 is 0 Å². The van der Waals surface area contributed by atoms with Gasteiger partial charge in [-0.2, -0.15) is 0 Å². The zero-order valence-electron chi connectivity index (χ0n) is 18.0. The Bertz CT molecular complexity index is 927. The molecule has 0 atom stereocenters. The zero-order valence-corrected chi connectivity index (χ0v) is 18.0. The fourth-order valence-electron chi connectivity index (χ4n) is 3.34. The quantitative estimate of drug-likeness (QED) is 0.343. The normalized spacial score (nSPS) is 13.8. The molecule has 2 aromatic rings. The van der Waals surface area contributed by atoms with Crippen molar-refractivity contribution in [2.75, 3.05) is 38.7 Å². The number of rotatable bonds is 8. The number of nitrogens with one attached hydrogen (secondary N) is 3. The first-order chi connectivity index (χ1) is 15.1. The molecule has 0 bridgehead atoms. The van der Waals surface area contributed by atoms with Crippen LogP contribution in [-0.4, -0.2) is 51.6 Å². The molecule has 1 aliphatic rings. The predicted octanol–water partition coefficient (Wildman–Crippen LogP) is 1.92. The van der Waals surface area contributed by atoms with Gasteiger partial charge < -0.3 is 25.6 Å². The maximum Gasteiger partial charge on any atom is 0.251 e. The molecule has 2 aromatic carbocycles. The van der Waals surface area contributed by atoms with Crippen LogP contribution in [0, 0.1) is 0 Å². The number of hydrogen-bond donors (Lipinski definition) is 3. The molecule has 1 fully saturated rings. The molecular formula is C23H29N5O3. The second-order valence-corrected chi connectivity index (χ2v) is 7.16. The number of amides is 2. The van der Waals surface area contributed by atoms with Gasteiger partial charge in [0.15, 0.2) is 5.96 Å². The van der Waals surface area contributed by atoms with Crippen LogP contribution < -0.4 is 25.6 Å². The standard InChI is InChI=1S/C23H29N5O3/c1-24-23(26-13-12-25-22(30)18-5-3-6-20(15-18)31-2)27-16-17-8-10-19(11-9-17)28-14-4-7-21(28)29/h3,5-6,8-11,15H,4,7,12-14,16H2,1-2H3,(H,25,30)(H2,24,26,27). The molecule has 0 spiro atoms. The van der Waals surface area contributed by atoms with Crippen molar-refractivity contribution >= 4 is 23.5 Å². The molecule has 2 amide bonds. The van der Waals surface area contributed by atoms with Gasteiger partial charge in [0.05, 0.1) is 7.11 Å². The summed E-state index contributed by atoms with van der Waals surface area (Å²) in [6, 6.07) is 15.0. The number of methoxy groups -OCH3 is 1. The van der Waals surface area contributed by atoms with Gasteiger partial charge in [-0.25, -0.2) is 0 Å². The van der Waals surface area contributed by atoms with Gasteiger partial charge in [0.1, 0.15) is 5.75 Å². The molecule has 0 aromatic heterocycles. The van der Waals surface area contributed by atoms with E-state index < -0.39 is 0 Å². The van der Waals surface area contributed by atoms with Gasteiger partial charge >= 0.3 is 0 Å². The number of carbonyl (C=O) groups is 2. The zero-order chi connectivity index (χ0) is 22.1. The maximum absolute atomic E-state index is 12.2. The van der Waals surface area contributed by atoms with Crippen molar-refractivity contribution in [3.05, 3.63) is 59.7 Å². The molecule has 0 radical (unpaired) electrons. The van der Waals surface area contributed by atoms with E-state index in [-0.39, 0.29) is 11.8 Å². The van der Waals surface area contributed by atoms with E-state index in [9.17, 15) is 9.59 Å². The van der Waals surface area contributed by atoms with Crippen LogP contribution in [0.2, 0.25) is 0 Å². The van der Waals surface area contributed by atoms with E-state index in [1.54, 1.807) is 38.4 Å². The fraction of sp³-hybridized carbons (Fsp3) is 0.348. The van der Waals surface area contributed by atoms with E-state index >= 15 is 0 Å². The van der Waals surface area contributed by atoms with Crippen LogP contribution in [0.4, 0.5) is 5.69 Å². The largest absolute Gasteiger partial charge is 0.497 e. The minimum atomic E-state index is -0.153. The first-order valence-electron chi connectivity index (χ1n) is 10.4. The van der Waals surface area contributed by atoms with Gasteiger partial charge in [0.2, 0.25) is 5.91 Å². The molecule has 8 nitrogen and oxygen atoms in total. The minimum absolute atomic E-state index is 0.153. The number of benzene rings is 2. The summed E-state index contributed by atoms with van der Waals surface area (Å²) < 4.78 is 5.14.